The Hall–Kier alpha value is -3.32. The highest BCUT2D eigenvalue weighted by Gasteiger charge is 2.30. The van der Waals surface area contributed by atoms with E-state index in [0.29, 0.717) is 17.9 Å². The van der Waals surface area contributed by atoms with Gasteiger partial charge in [0.25, 0.3) is 5.91 Å². The Kier molecular flexibility index (Phi) is 8.89. The van der Waals surface area contributed by atoms with Crippen molar-refractivity contribution in [3.05, 3.63) is 94.5 Å². The van der Waals surface area contributed by atoms with Gasteiger partial charge < -0.3 is 19.7 Å². The molecule has 0 fully saturated rings. The van der Waals surface area contributed by atoms with Gasteiger partial charge in [0.2, 0.25) is 5.91 Å². The topological polar surface area (TPSA) is 67.9 Å². The van der Waals surface area contributed by atoms with Crippen molar-refractivity contribution in [1.29, 1.82) is 0 Å². The second-order valence-corrected chi connectivity index (χ2v) is 8.35. The molecule has 1 N–H and O–H groups in total. The van der Waals surface area contributed by atoms with Crippen molar-refractivity contribution < 1.29 is 19.1 Å². The Labute approximate surface area is 202 Å². The van der Waals surface area contributed by atoms with Crippen molar-refractivity contribution >= 4 is 27.7 Å². The van der Waals surface area contributed by atoms with Crippen LogP contribution >= 0.6 is 15.9 Å². The zero-order valence-corrected chi connectivity index (χ0v) is 20.2. The number of nitrogens with zero attached hydrogens (tertiary/aromatic N) is 1. The van der Waals surface area contributed by atoms with Crippen molar-refractivity contribution in [3.63, 3.8) is 0 Å². The van der Waals surface area contributed by atoms with E-state index in [4.69, 9.17) is 9.47 Å². The molecular weight excluding hydrogens is 484 g/mol. The quantitative estimate of drug-likeness (QED) is 0.443. The monoisotopic (exact) mass is 510 g/mol. The highest BCUT2D eigenvalue weighted by Crippen LogP contribution is 2.20. The van der Waals surface area contributed by atoms with Crippen LogP contribution in [0.15, 0.2) is 83.3 Å². The van der Waals surface area contributed by atoms with Crippen LogP contribution in [0, 0.1) is 0 Å². The van der Waals surface area contributed by atoms with Gasteiger partial charge in [-0.3, -0.25) is 9.59 Å². The van der Waals surface area contributed by atoms with Crippen molar-refractivity contribution in [2.45, 2.75) is 19.0 Å². The molecule has 0 spiro atoms. The van der Waals surface area contributed by atoms with E-state index in [1.807, 2.05) is 66.7 Å². The number of benzene rings is 3. The molecule has 0 aromatic heterocycles. The van der Waals surface area contributed by atoms with Crippen molar-refractivity contribution in [2.24, 2.45) is 0 Å². The van der Waals surface area contributed by atoms with Gasteiger partial charge in [-0.05, 0) is 47.5 Å². The van der Waals surface area contributed by atoms with E-state index in [0.717, 1.165) is 15.6 Å². The number of likely N-dealkylation sites (N-methyl/N-ethyl adjacent to an activating group) is 1. The molecule has 172 valence electrons. The van der Waals surface area contributed by atoms with Crippen LogP contribution in [0.25, 0.3) is 0 Å². The zero-order chi connectivity index (χ0) is 23.6. The maximum Gasteiger partial charge on any atom is 0.261 e. The van der Waals surface area contributed by atoms with Crippen molar-refractivity contribution in [1.82, 2.24) is 10.2 Å². The van der Waals surface area contributed by atoms with Gasteiger partial charge >= 0.3 is 0 Å². The van der Waals surface area contributed by atoms with Gasteiger partial charge in [-0.15, -0.1) is 0 Å². The van der Waals surface area contributed by atoms with Gasteiger partial charge in [-0.25, -0.2) is 0 Å². The van der Waals surface area contributed by atoms with Crippen LogP contribution < -0.4 is 14.8 Å². The molecule has 0 saturated heterocycles. The Morgan fingerprint density at radius 3 is 2.30 bits per heavy atom. The number of hydrogen-bond donors (Lipinski definition) is 1. The first-order chi connectivity index (χ1) is 16.0. The van der Waals surface area contributed by atoms with Crippen LogP contribution in [-0.2, 0) is 22.6 Å². The first kappa shape index (κ1) is 24.3. The number of halogens is 1. The summed E-state index contributed by atoms with van der Waals surface area (Å²) in [6.45, 7) is 0.0541. The molecule has 0 heterocycles. The molecule has 0 aliphatic carbocycles. The highest BCUT2D eigenvalue weighted by atomic mass is 79.9. The SMILES string of the molecule is CNC(=O)[C@H](Cc1ccccc1)N(Cc1cccc(OC)c1)C(=O)COc1ccc(Br)cc1. The van der Waals surface area contributed by atoms with Crippen LogP contribution in [0.3, 0.4) is 0 Å². The summed E-state index contributed by atoms with van der Waals surface area (Å²) >= 11 is 3.39. The number of carbonyl (C=O) groups is 2. The first-order valence-electron chi connectivity index (χ1n) is 10.6. The van der Waals surface area contributed by atoms with E-state index in [-0.39, 0.29) is 25.0 Å². The van der Waals surface area contributed by atoms with Gasteiger partial charge in [0, 0.05) is 24.5 Å². The second kappa shape index (κ2) is 12.1. The van der Waals surface area contributed by atoms with Crippen molar-refractivity contribution in [3.8, 4) is 11.5 Å². The lowest BCUT2D eigenvalue weighted by Gasteiger charge is -2.31. The molecule has 0 saturated carbocycles. The van der Waals surface area contributed by atoms with E-state index in [1.165, 1.54) is 0 Å². The number of carbonyl (C=O) groups excluding carboxylic acids is 2. The molecule has 1 atom stereocenters. The van der Waals surface area contributed by atoms with Gasteiger partial charge in [-0.2, -0.15) is 0 Å². The highest BCUT2D eigenvalue weighted by molar-refractivity contribution is 9.10. The predicted octanol–water partition coefficient (Wildman–Crippen LogP) is 4.22. The minimum atomic E-state index is -0.704. The van der Waals surface area contributed by atoms with Gasteiger partial charge in [0.05, 0.1) is 7.11 Å². The third-order valence-electron chi connectivity index (χ3n) is 5.18. The minimum Gasteiger partial charge on any atom is -0.497 e. The third-order valence-corrected chi connectivity index (χ3v) is 5.71. The summed E-state index contributed by atoms with van der Waals surface area (Å²) in [5.41, 5.74) is 1.82. The average Bonchev–Trinajstić information content (AvgIpc) is 2.86. The lowest BCUT2D eigenvalue weighted by Crippen LogP contribution is -2.51. The molecule has 0 radical (unpaired) electrons. The van der Waals surface area contributed by atoms with Crippen LogP contribution in [-0.4, -0.2) is 43.5 Å². The van der Waals surface area contributed by atoms with E-state index in [9.17, 15) is 9.59 Å². The predicted molar refractivity (Wildman–Crippen MR) is 131 cm³/mol. The second-order valence-electron chi connectivity index (χ2n) is 7.44. The number of ether oxygens (including phenoxy) is 2. The van der Waals surface area contributed by atoms with Crippen LogP contribution in [0.1, 0.15) is 11.1 Å². The Morgan fingerprint density at radius 1 is 0.939 bits per heavy atom. The van der Waals surface area contributed by atoms with E-state index in [1.54, 1.807) is 31.2 Å². The number of amides is 2. The fraction of sp³-hybridized carbons (Fsp3) is 0.231. The summed E-state index contributed by atoms with van der Waals surface area (Å²) in [6, 6.07) is 23.7. The fourth-order valence-electron chi connectivity index (χ4n) is 3.45. The molecule has 0 bridgehead atoms. The van der Waals surface area contributed by atoms with E-state index >= 15 is 0 Å². The third kappa shape index (κ3) is 7.08. The maximum absolute atomic E-state index is 13.4. The molecule has 7 heteroatoms. The van der Waals surface area contributed by atoms with Crippen LogP contribution in [0.4, 0.5) is 0 Å². The number of nitrogens with one attached hydrogen (secondary N) is 1. The standard InChI is InChI=1S/C26H27BrN2O4/c1-28-26(31)24(16-19-7-4-3-5-8-19)29(17-20-9-6-10-23(15-20)32-2)25(30)18-33-22-13-11-21(27)12-14-22/h3-15,24H,16-18H2,1-2H3,(H,28,31)/t24-/m0/s1. The summed E-state index contributed by atoms with van der Waals surface area (Å²) in [5.74, 6) is 0.738. The Morgan fingerprint density at radius 2 is 1.64 bits per heavy atom. The molecule has 3 rings (SSSR count). The van der Waals surface area contributed by atoms with Gasteiger partial charge in [-0.1, -0.05) is 58.4 Å². The Bertz CT molecular complexity index is 1060. The van der Waals surface area contributed by atoms with Crippen LogP contribution in [0.2, 0.25) is 0 Å². The summed E-state index contributed by atoms with van der Waals surface area (Å²) in [4.78, 5) is 27.9. The molecule has 2 amide bonds. The molecule has 3 aromatic carbocycles. The smallest absolute Gasteiger partial charge is 0.261 e. The Balaban J connectivity index is 1.87. The number of rotatable bonds is 10. The normalized spacial score (nSPS) is 11.4. The fourth-order valence-corrected chi connectivity index (χ4v) is 3.71. The lowest BCUT2D eigenvalue weighted by atomic mass is 10.0. The van der Waals surface area contributed by atoms with Gasteiger partial charge in [0.15, 0.2) is 6.61 Å². The molecule has 0 aliphatic heterocycles. The zero-order valence-electron chi connectivity index (χ0n) is 18.7. The molecule has 6 nitrogen and oxygen atoms in total. The van der Waals surface area contributed by atoms with E-state index in [2.05, 4.69) is 21.2 Å². The molecular formula is C26H27BrN2O4. The van der Waals surface area contributed by atoms with Crippen LogP contribution in [0.5, 0.6) is 11.5 Å². The van der Waals surface area contributed by atoms with E-state index < -0.39 is 6.04 Å². The first-order valence-corrected chi connectivity index (χ1v) is 11.4. The molecule has 0 unspecified atom stereocenters. The summed E-state index contributed by atoms with van der Waals surface area (Å²) in [6.07, 6.45) is 0.383. The molecule has 0 aliphatic rings. The van der Waals surface area contributed by atoms with Crippen molar-refractivity contribution in [2.75, 3.05) is 20.8 Å². The number of methoxy groups -OCH3 is 1. The molecule has 33 heavy (non-hydrogen) atoms. The summed E-state index contributed by atoms with van der Waals surface area (Å²) < 4.78 is 12.0. The minimum absolute atomic E-state index is 0.187. The average molecular weight is 511 g/mol. The summed E-state index contributed by atoms with van der Waals surface area (Å²) in [5, 5.41) is 2.71. The van der Waals surface area contributed by atoms with Gasteiger partial charge in [0.1, 0.15) is 17.5 Å². The largest absolute Gasteiger partial charge is 0.497 e. The lowest BCUT2D eigenvalue weighted by molar-refractivity contribution is -0.142. The summed E-state index contributed by atoms with van der Waals surface area (Å²) in [7, 11) is 3.17. The maximum atomic E-state index is 13.4. The number of hydrogen-bond acceptors (Lipinski definition) is 4. The molecule has 3 aromatic rings.